The van der Waals surface area contributed by atoms with E-state index in [2.05, 4.69) is 0 Å². The predicted octanol–water partition coefficient (Wildman–Crippen LogP) is 7.42. The summed E-state index contributed by atoms with van der Waals surface area (Å²) in [4.78, 5) is 93.9. The van der Waals surface area contributed by atoms with Crippen molar-refractivity contribution in [2.45, 2.75) is 219 Å². The third kappa shape index (κ3) is 17.2. The molecule has 2 aliphatic rings. The maximum Gasteiger partial charge on any atom is 0.417 e. The summed E-state index contributed by atoms with van der Waals surface area (Å²) in [5.41, 5.74) is 19.1. The lowest BCUT2D eigenvalue weighted by atomic mass is 9.79. The van der Waals surface area contributed by atoms with Crippen LogP contribution in [0.5, 0.6) is 0 Å². The molecule has 4 rings (SSSR count). The lowest BCUT2D eigenvalue weighted by molar-refractivity contribution is -0.167. The number of hydrogen-bond acceptors (Lipinski definition) is 13. The highest BCUT2D eigenvalue weighted by Crippen LogP contribution is 2.35. The Morgan fingerprint density at radius 3 is 1.21 bits per heavy atom. The van der Waals surface area contributed by atoms with Crippen LogP contribution in [0.1, 0.15) is 157 Å². The van der Waals surface area contributed by atoms with Gasteiger partial charge in [-0.3, -0.25) is 24.1 Å². The number of aliphatic hydroxyl groups is 2. The van der Waals surface area contributed by atoms with E-state index in [-0.39, 0.29) is 31.1 Å². The van der Waals surface area contributed by atoms with Gasteiger partial charge >= 0.3 is 12.2 Å². The topological polar surface area (TPSA) is 249 Å². The van der Waals surface area contributed by atoms with Crippen LogP contribution >= 0.6 is 0 Å². The molecule has 72 heavy (non-hydrogen) atoms. The summed E-state index contributed by atoms with van der Waals surface area (Å²) < 4.78 is 11.7. The quantitative estimate of drug-likeness (QED) is 0.0868. The Labute approximate surface area is 429 Å². The Hall–Kier alpha value is -4.74. The van der Waals surface area contributed by atoms with Crippen molar-refractivity contribution in [2.24, 2.45) is 40.9 Å². The van der Waals surface area contributed by atoms with Crippen LogP contribution in [0.2, 0.25) is 0 Å². The summed E-state index contributed by atoms with van der Waals surface area (Å²) in [5, 5.41) is 25.0. The van der Waals surface area contributed by atoms with Gasteiger partial charge in [0.05, 0.1) is 24.2 Å². The molecular weight excluding hydrogens is 917 g/mol. The van der Waals surface area contributed by atoms with Crippen LogP contribution in [0, 0.1) is 23.7 Å². The Kier molecular flexibility index (Phi) is 22.4. The molecule has 0 aromatic heterocycles. The summed E-state index contributed by atoms with van der Waals surface area (Å²) in [6.07, 6.45) is 3.28. The van der Waals surface area contributed by atoms with Crippen LogP contribution in [0.25, 0.3) is 0 Å². The fraction of sp³-hybridized carbons (Fsp3) is 0.679. The maximum absolute atomic E-state index is 16.3. The van der Waals surface area contributed by atoms with Crippen molar-refractivity contribution < 1.29 is 48.5 Å². The molecule has 0 saturated heterocycles. The number of imide groups is 3. The molecule has 16 nitrogen and oxygen atoms in total. The molecule has 16 heteroatoms. The van der Waals surface area contributed by atoms with Crippen molar-refractivity contribution in [3.8, 4) is 0 Å². The number of carbonyl (C=O) groups excluding carboxylic acids is 6. The Balaban J connectivity index is 2.02. The van der Waals surface area contributed by atoms with Gasteiger partial charge in [-0.05, 0) is 102 Å². The van der Waals surface area contributed by atoms with E-state index in [0.29, 0.717) is 40.2 Å². The summed E-state index contributed by atoms with van der Waals surface area (Å²) in [6.45, 7) is 16.0. The van der Waals surface area contributed by atoms with Crippen LogP contribution in [0.4, 0.5) is 9.59 Å². The van der Waals surface area contributed by atoms with Crippen LogP contribution in [-0.2, 0) is 41.5 Å². The van der Waals surface area contributed by atoms with Gasteiger partial charge in [0.1, 0.15) is 29.4 Å². The smallest absolute Gasteiger partial charge is 0.417 e. The van der Waals surface area contributed by atoms with Crippen molar-refractivity contribution >= 4 is 35.8 Å². The van der Waals surface area contributed by atoms with Gasteiger partial charge in [-0.1, -0.05) is 153 Å². The molecule has 0 spiro atoms. The van der Waals surface area contributed by atoms with E-state index in [4.69, 9.17) is 26.7 Å². The molecule has 2 aliphatic carbocycles. The predicted molar refractivity (Wildman–Crippen MR) is 278 cm³/mol. The van der Waals surface area contributed by atoms with Crippen LogP contribution in [-0.4, -0.2) is 120 Å². The van der Waals surface area contributed by atoms with Crippen LogP contribution in [0.3, 0.4) is 0 Å². The second kappa shape index (κ2) is 27.0. The summed E-state index contributed by atoms with van der Waals surface area (Å²) in [7, 11) is 0. The molecule has 2 saturated carbocycles. The minimum atomic E-state index is -1.86. The zero-order chi connectivity index (χ0) is 53.7. The molecule has 8 atom stereocenters. The van der Waals surface area contributed by atoms with Crippen LogP contribution < -0.4 is 17.2 Å². The SMILES string of the molecule is CC(C)[C@@H](C(=O)N(C(=O)[C@H](C(C)C)N(C(=O)OC(C)(C)C)C(=O)[C@@H](N)Cc1ccccc1)[C@@H](CC1CCCCC1)[C@@H](O)[C@H](O)[C@@H](N)CC1CCCCC1)N(C(=O)OC(C)(C)C)C(=O)[C@@H](N)Cc1ccccc1. The van der Waals surface area contributed by atoms with Gasteiger partial charge in [0.25, 0.3) is 11.8 Å². The second-order valence-electron chi connectivity index (χ2n) is 23.1. The van der Waals surface area contributed by atoms with Gasteiger partial charge in [0, 0.05) is 6.04 Å². The number of carbonyl (C=O) groups is 6. The van der Waals surface area contributed by atoms with Gasteiger partial charge in [0.2, 0.25) is 11.8 Å². The highest BCUT2D eigenvalue weighted by molar-refractivity contribution is 6.08. The first kappa shape index (κ1) is 59.8. The highest BCUT2D eigenvalue weighted by atomic mass is 16.6. The van der Waals surface area contributed by atoms with Gasteiger partial charge in [0.15, 0.2) is 0 Å². The average molecular weight is 1010 g/mol. The lowest BCUT2D eigenvalue weighted by Gasteiger charge is -2.45. The van der Waals surface area contributed by atoms with E-state index < -0.39 is 107 Å². The fourth-order valence-corrected chi connectivity index (χ4v) is 10.3. The third-order valence-corrected chi connectivity index (χ3v) is 13.8. The monoisotopic (exact) mass is 1000 g/mol. The van der Waals surface area contributed by atoms with Crippen molar-refractivity contribution in [3.05, 3.63) is 71.8 Å². The normalized spacial score (nSPS) is 18.5. The van der Waals surface area contributed by atoms with Gasteiger partial charge in [-0.15, -0.1) is 0 Å². The third-order valence-electron chi connectivity index (χ3n) is 13.8. The van der Waals surface area contributed by atoms with Crippen molar-refractivity contribution in [1.82, 2.24) is 14.7 Å². The van der Waals surface area contributed by atoms with E-state index in [1.807, 2.05) is 0 Å². The average Bonchev–Trinajstić information content (AvgIpc) is 3.30. The van der Waals surface area contributed by atoms with Crippen molar-refractivity contribution in [1.29, 1.82) is 0 Å². The zero-order valence-electron chi connectivity index (χ0n) is 44.8. The fourth-order valence-electron chi connectivity index (χ4n) is 10.3. The molecule has 0 unspecified atom stereocenters. The van der Waals surface area contributed by atoms with Gasteiger partial charge in [-0.25, -0.2) is 19.4 Å². The Morgan fingerprint density at radius 1 is 0.528 bits per heavy atom. The maximum atomic E-state index is 16.3. The first-order valence-corrected chi connectivity index (χ1v) is 26.4. The van der Waals surface area contributed by atoms with Gasteiger partial charge < -0.3 is 36.9 Å². The molecule has 2 fully saturated rings. The summed E-state index contributed by atoms with van der Waals surface area (Å²) in [5.74, 6) is -6.02. The Bertz CT molecular complexity index is 1950. The second-order valence-corrected chi connectivity index (χ2v) is 23.1. The summed E-state index contributed by atoms with van der Waals surface area (Å²) in [6, 6.07) is 8.90. The zero-order valence-corrected chi connectivity index (χ0v) is 44.8. The molecule has 2 aromatic rings. The van der Waals surface area contributed by atoms with E-state index in [1.54, 1.807) is 130 Å². The highest BCUT2D eigenvalue weighted by Gasteiger charge is 2.52. The molecule has 0 radical (unpaired) electrons. The largest absolute Gasteiger partial charge is 0.443 e. The van der Waals surface area contributed by atoms with E-state index in [0.717, 1.165) is 56.3 Å². The van der Waals surface area contributed by atoms with Gasteiger partial charge in [-0.2, -0.15) is 0 Å². The van der Waals surface area contributed by atoms with E-state index in [1.165, 1.54) is 0 Å². The molecule has 0 heterocycles. The Morgan fingerprint density at radius 2 is 0.875 bits per heavy atom. The van der Waals surface area contributed by atoms with E-state index in [9.17, 15) is 29.4 Å². The minimum absolute atomic E-state index is 0.0106. The number of nitrogens with zero attached hydrogens (tertiary/aromatic N) is 3. The lowest BCUT2D eigenvalue weighted by Crippen LogP contribution is -2.68. The number of hydrogen-bond donors (Lipinski definition) is 5. The molecule has 6 amide bonds. The van der Waals surface area contributed by atoms with E-state index >= 15 is 9.59 Å². The minimum Gasteiger partial charge on any atom is -0.443 e. The number of benzene rings is 2. The molecule has 0 aliphatic heterocycles. The number of aliphatic hydroxyl groups excluding tert-OH is 2. The molecule has 402 valence electrons. The summed E-state index contributed by atoms with van der Waals surface area (Å²) >= 11 is 0. The number of rotatable bonds is 20. The van der Waals surface area contributed by atoms with Crippen molar-refractivity contribution in [3.63, 3.8) is 0 Å². The number of nitrogens with two attached hydrogens (primary N) is 3. The molecule has 8 N–H and O–H groups in total. The first-order chi connectivity index (χ1) is 33.7. The molecule has 0 bridgehead atoms. The van der Waals surface area contributed by atoms with Crippen molar-refractivity contribution in [2.75, 3.05) is 0 Å². The molecule has 2 aromatic carbocycles. The standard InChI is InChI=1S/C56H88N6O10/c1-35(2)45(61(53(69)71-55(5,6)7)49(65)42(58)32-38-25-17-12-18-26-38)51(67)60(44(34-40-29-21-14-22-30-40)48(64)47(63)41(57)31-37-23-15-11-16-24-37)52(68)46(36(3)4)62(54(70)72-56(8,9)10)50(66)43(59)33-39-27-19-13-20-28-39/h12-13,17-20,25-28,35-37,40-48,63-64H,11,14-16,21-24,29-34,57-59H2,1-10H3/t41-,42-,43-,44-,45-,46-,47+,48+/m0/s1. The number of amides is 6. The molecular formula is C56H88N6O10. The first-order valence-electron chi connectivity index (χ1n) is 26.4. The van der Waals surface area contributed by atoms with Crippen LogP contribution in [0.15, 0.2) is 60.7 Å². The number of ether oxygens (including phenoxy) is 2.